The lowest BCUT2D eigenvalue weighted by Crippen LogP contribution is -2.27. The number of aryl methyl sites for hydroxylation is 1. The summed E-state index contributed by atoms with van der Waals surface area (Å²) in [5.41, 5.74) is 1.99. The first-order valence-corrected chi connectivity index (χ1v) is 8.44. The molecule has 0 saturated heterocycles. The molecular formula is C19H29F. The first kappa shape index (κ1) is 15.5. The van der Waals surface area contributed by atoms with Crippen molar-refractivity contribution in [2.45, 2.75) is 83.2 Å². The molecule has 1 aliphatic carbocycles. The van der Waals surface area contributed by atoms with Crippen molar-refractivity contribution in [1.82, 2.24) is 0 Å². The van der Waals surface area contributed by atoms with Crippen LogP contribution in [0.2, 0.25) is 0 Å². The second-order valence-electron chi connectivity index (χ2n) is 6.48. The van der Waals surface area contributed by atoms with Crippen molar-refractivity contribution in [2.75, 3.05) is 0 Å². The van der Waals surface area contributed by atoms with E-state index >= 15 is 0 Å². The van der Waals surface area contributed by atoms with Gasteiger partial charge < -0.3 is 0 Å². The lowest BCUT2D eigenvalue weighted by atomic mass is 9.76. The molecule has 1 aliphatic rings. The van der Waals surface area contributed by atoms with Gasteiger partial charge in [-0.05, 0) is 62.0 Å². The molecule has 0 heterocycles. The minimum Gasteiger partial charge on any atom is -0.244 e. The summed E-state index contributed by atoms with van der Waals surface area (Å²) in [7, 11) is 0. The van der Waals surface area contributed by atoms with E-state index in [4.69, 9.17) is 0 Å². The predicted molar refractivity (Wildman–Crippen MR) is 85.0 cm³/mol. The van der Waals surface area contributed by atoms with E-state index in [0.29, 0.717) is 12.3 Å². The molecule has 0 bridgehead atoms. The molecule has 0 amide bonds. The Morgan fingerprint density at radius 1 is 1.05 bits per heavy atom. The quantitative estimate of drug-likeness (QED) is 0.543. The van der Waals surface area contributed by atoms with E-state index in [1.807, 2.05) is 6.92 Å². The fraction of sp³-hybridized carbons (Fsp3) is 0.684. The lowest BCUT2D eigenvalue weighted by Gasteiger charge is -2.33. The van der Waals surface area contributed by atoms with Gasteiger partial charge in [0.1, 0.15) is 5.67 Å². The van der Waals surface area contributed by atoms with Crippen LogP contribution in [0.25, 0.3) is 0 Å². The van der Waals surface area contributed by atoms with Crippen LogP contribution in [0.1, 0.15) is 82.3 Å². The molecule has 0 spiro atoms. The minimum atomic E-state index is -0.878. The fourth-order valence-electron chi connectivity index (χ4n) is 3.36. The third-order valence-corrected chi connectivity index (χ3v) is 5.04. The van der Waals surface area contributed by atoms with Crippen LogP contribution in [0.15, 0.2) is 24.3 Å². The summed E-state index contributed by atoms with van der Waals surface area (Å²) in [6, 6.07) is 9.12. The summed E-state index contributed by atoms with van der Waals surface area (Å²) in [6.07, 6.45) is 9.28. The highest BCUT2D eigenvalue weighted by Crippen LogP contribution is 2.41. The van der Waals surface area contributed by atoms with Gasteiger partial charge in [-0.2, -0.15) is 0 Å². The summed E-state index contributed by atoms with van der Waals surface area (Å²) in [5, 5.41) is 0. The minimum absolute atomic E-state index is 0.579. The van der Waals surface area contributed by atoms with Crippen molar-refractivity contribution in [3.05, 3.63) is 35.4 Å². The monoisotopic (exact) mass is 276 g/mol. The molecule has 20 heavy (non-hydrogen) atoms. The van der Waals surface area contributed by atoms with Gasteiger partial charge in [0, 0.05) is 0 Å². The Balaban J connectivity index is 1.87. The van der Waals surface area contributed by atoms with E-state index in [9.17, 15) is 4.39 Å². The van der Waals surface area contributed by atoms with Crippen LogP contribution in [0.4, 0.5) is 4.39 Å². The number of alkyl halides is 1. The molecule has 0 aliphatic heterocycles. The number of hydrogen-bond acceptors (Lipinski definition) is 0. The lowest BCUT2D eigenvalue weighted by molar-refractivity contribution is 0.0939. The highest BCUT2D eigenvalue weighted by atomic mass is 19.1. The van der Waals surface area contributed by atoms with Crippen LogP contribution in [0, 0.1) is 0 Å². The van der Waals surface area contributed by atoms with Crippen molar-refractivity contribution in [3.8, 4) is 0 Å². The maximum Gasteiger partial charge on any atom is 0.110 e. The molecule has 1 heteroatoms. The summed E-state index contributed by atoms with van der Waals surface area (Å²) >= 11 is 0. The normalized spacial score (nSPS) is 26.6. The predicted octanol–water partition coefficient (Wildman–Crippen LogP) is 6.20. The van der Waals surface area contributed by atoms with Gasteiger partial charge in [-0.1, -0.05) is 51.0 Å². The van der Waals surface area contributed by atoms with Crippen LogP contribution >= 0.6 is 0 Å². The van der Waals surface area contributed by atoms with Crippen LogP contribution < -0.4 is 0 Å². The number of rotatable bonds is 6. The topological polar surface area (TPSA) is 0 Å². The average molecular weight is 276 g/mol. The number of halogens is 1. The average Bonchev–Trinajstić information content (AvgIpc) is 2.49. The van der Waals surface area contributed by atoms with Crippen molar-refractivity contribution in [1.29, 1.82) is 0 Å². The first-order valence-electron chi connectivity index (χ1n) is 8.44. The fourth-order valence-corrected chi connectivity index (χ4v) is 3.36. The van der Waals surface area contributed by atoms with E-state index < -0.39 is 5.67 Å². The SMILES string of the molecule is CCCCCc1ccc(C2CCC(F)(CC)CC2)cc1. The van der Waals surface area contributed by atoms with Crippen molar-refractivity contribution in [2.24, 2.45) is 0 Å². The Labute approximate surface area is 123 Å². The van der Waals surface area contributed by atoms with Gasteiger partial charge in [-0.15, -0.1) is 0 Å². The third kappa shape index (κ3) is 4.07. The van der Waals surface area contributed by atoms with Crippen molar-refractivity contribution >= 4 is 0 Å². The zero-order chi connectivity index (χ0) is 14.4. The summed E-state index contributed by atoms with van der Waals surface area (Å²) in [6.45, 7) is 4.22. The molecule has 0 N–H and O–H groups in total. The molecule has 0 aromatic heterocycles. The molecule has 0 unspecified atom stereocenters. The molecule has 0 nitrogen and oxygen atoms in total. The maximum atomic E-state index is 14.2. The number of hydrogen-bond donors (Lipinski definition) is 0. The second-order valence-corrected chi connectivity index (χ2v) is 6.48. The van der Waals surface area contributed by atoms with E-state index in [-0.39, 0.29) is 0 Å². The molecular weight excluding hydrogens is 247 g/mol. The maximum absolute atomic E-state index is 14.2. The summed E-state index contributed by atoms with van der Waals surface area (Å²) in [5.74, 6) is 0.579. The Kier molecular flexibility index (Phi) is 5.63. The Morgan fingerprint density at radius 3 is 2.25 bits per heavy atom. The van der Waals surface area contributed by atoms with Crippen LogP contribution in [0.3, 0.4) is 0 Å². The smallest absolute Gasteiger partial charge is 0.110 e. The zero-order valence-electron chi connectivity index (χ0n) is 13.1. The Hall–Kier alpha value is -0.850. The highest BCUT2D eigenvalue weighted by Gasteiger charge is 2.33. The molecule has 112 valence electrons. The molecule has 0 atom stereocenters. The highest BCUT2D eigenvalue weighted by molar-refractivity contribution is 5.26. The largest absolute Gasteiger partial charge is 0.244 e. The second kappa shape index (κ2) is 7.24. The van der Waals surface area contributed by atoms with Crippen molar-refractivity contribution < 1.29 is 4.39 Å². The van der Waals surface area contributed by atoms with E-state index in [1.54, 1.807) is 0 Å². The van der Waals surface area contributed by atoms with Crippen LogP contribution in [-0.4, -0.2) is 5.67 Å². The molecule has 1 fully saturated rings. The number of benzene rings is 1. The van der Waals surface area contributed by atoms with Gasteiger partial charge in [0.2, 0.25) is 0 Å². The van der Waals surface area contributed by atoms with Crippen molar-refractivity contribution in [3.63, 3.8) is 0 Å². The summed E-state index contributed by atoms with van der Waals surface area (Å²) < 4.78 is 14.2. The standard InChI is InChI=1S/C19H29F/c1-3-5-6-7-16-8-10-17(11-9-16)18-12-14-19(20,4-2)15-13-18/h8-11,18H,3-7,12-15H2,1-2H3. The molecule has 1 saturated carbocycles. The number of unbranched alkanes of at least 4 members (excludes halogenated alkanes) is 2. The van der Waals surface area contributed by atoms with Gasteiger partial charge in [0.15, 0.2) is 0 Å². The van der Waals surface area contributed by atoms with Gasteiger partial charge in [0.05, 0.1) is 0 Å². The summed E-state index contributed by atoms with van der Waals surface area (Å²) in [4.78, 5) is 0. The van der Waals surface area contributed by atoms with Gasteiger partial charge >= 0.3 is 0 Å². The van der Waals surface area contributed by atoms with Crippen LogP contribution in [0.5, 0.6) is 0 Å². The Bertz CT molecular complexity index is 385. The molecule has 2 rings (SSSR count). The van der Waals surface area contributed by atoms with E-state index in [2.05, 4.69) is 31.2 Å². The van der Waals surface area contributed by atoms with Gasteiger partial charge in [-0.3, -0.25) is 0 Å². The third-order valence-electron chi connectivity index (χ3n) is 5.04. The molecule has 0 radical (unpaired) electrons. The molecule has 1 aromatic rings. The van der Waals surface area contributed by atoms with Crippen LogP contribution in [-0.2, 0) is 6.42 Å². The van der Waals surface area contributed by atoms with Gasteiger partial charge in [0.25, 0.3) is 0 Å². The van der Waals surface area contributed by atoms with E-state index in [0.717, 1.165) is 25.7 Å². The van der Waals surface area contributed by atoms with E-state index in [1.165, 1.54) is 36.8 Å². The van der Waals surface area contributed by atoms with Gasteiger partial charge in [-0.25, -0.2) is 4.39 Å². The molecule has 1 aromatic carbocycles. The first-order chi connectivity index (χ1) is 9.67. The zero-order valence-corrected chi connectivity index (χ0v) is 13.1. The Morgan fingerprint density at radius 2 is 1.70 bits per heavy atom.